The summed E-state index contributed by atoms with van der Waals surface area (Å²) in [7, 11) is 1.72. The van der Waals surface area contributed by atoms with E-state index in [4.69, 9.17) is 0 Å². The molecule has 1 aliphatic rings. The van der Waals surface area contributed by atoms with Crippen molar-refractivity contribution in [2.24, 2.45) is 0 Å². The van der Waals surface area contributed by atoms with Gasteiger partial charge in [-0.25, -0.2) is 0 Å². The molecule has 0 aliphatic carbocycles. The zero-order valence-electron chi connectivity index (χ0n) is 10.8. The highest BCUT2D eigenvalue weighted by Crippen LogP contribution is 2.22. The largest absolute Gasteiger partial charge is 0.390 e. The molecule has 0 bridgehead atoms. The molecule has 0 aromatic carbocycles. The molecule has 1 saturated heterocycles. The van der Waals surface area contributed by atoms with E-state index in [1.54, 1.807) is 11.9 Å². The molecule has 1 fully saturated rings. The van der Waals surface area contributed by atoms with E-state index in [1.807, 2.05) is 13.8 Å². The zero-order valence-corrected chi connectivity index (χ0v) is 11.6. The average Bonchev–Trinajstić information content (AvgIpc) is 2.95. The second-order valence-electron chi connectivity index (χ2n) is 4.85. The minimum Gasteiger partial charge on any atom is -0.390 e. The first-order valence-electron chi connectivity index (χ1n) is 6.00. The van der Waals surface area contributed by atoms with E-state index in [9.17, 15) is 9.90 Å². The number of carbonyl (C=O) groups excluding carboxylic acids is 1. The van der Waals surface area contributed by atoms with Crippen LogP contribution in [-0.4, -0.2) is 57.8 Å². The molecule has 100 valence electrons. The summed E-state index contributed by atoms with van der Waals surface area (Å²) in [6.45, 7) is 5.12. The average molecular weight is 270 g/mol. The number of aliphatic hydroxyl groups is 1. The standard InChI is InChI=1S/C11H18N4O2S/c1-6(2)9-10(18-14-13-9)11(17)15(3)7-4-12-5-8(7)16/h6-8,12,16H,4-5H2,1-3H3/t7-,8-/m1/s1. The summed E-state index contributed by atoms with van der Waals surface area (Å²) in [5.74, 6) is 0.0594. The summed E-state index contributed by atoms with van der Waals surface area (Å²) in [6.07, 6.45) is -0.512. The summed E-state index contributed by atoms with van der Waals surface area (Å²) >= 11 is 1.12. The van der Waals surface area contributed by atoms with Gasteiger partial charge in [0.1, 0.15) is 4.88 Å². The SMILES string of the molecule is CC(C)c1nnsc1C(=O)N(C)[C@@H]1CNC[C@H]1O. The minimum absolute atomic E-state index is 0.110. The monoisotopic (exact) mass is 270 g/mol. The Kier molecular flexibility index (Phi) is 3.94. The number of hydrogen-bond acceptors (Lipinski definition) is 6. The quantitative estimate of drug-likeness (QED) is 0.812. The maximum absolute atomic E-state index is 12.4. The lowest BCUT2D eigenvalue weighted by Gasteiger charge is -2.26. The predicted octanol–water partition coefficient (Wildman–Crippen LogP) is 0.0662. The van der Waals surface area contributed by atoms with E-state index in [-0.39, 0.29) is 17.9 Å². The van der Waals surface area contributed by atoms with Gasteiger partial charge in [0.25, 0.3) is 5.91 Å². The summed E-state index contributed by atoms with van der Waals surface area (Å²) in [5, 5.41) is 16.9. The van der Waals surface area contributed by atoms with Gasteiger partial charge in [0.15, 0.2) is 0 Å². The van der Waals surface area contributed by atoms with Crippen molar-refractivity contribution in [2.45, 2.75) is 31.9 Å². The number of likely N-dealkylation sites (N-methyl/N-ethyl adjacent to an activating group) is 1. The van der Waals surface area contributed by atoms with Gasteiger partial charge < -0.3 is 15.3 Å². The Labute approximate surface area is 110 Å². The fraction of sp³-hybridized carbons (Fsp3) is 0.727. The number of rotatable bonds is 3. The van der Waals surface area contributed by atoms with Crippen LogP contribution in [0, 0.1) is 0 Å². The first-order valence-corrected chi connectivity index (χ1v) is 6.78. The number of β-amino-alcohol motifs (C(OH)–C–C–N with tert-alkyl or cyclic N) is 1. The van der Waals surface area contributed by atoms with Crippen molar-refractivity contribution in [1.82, 2.24) is 19.8 Å². The molecule has 2 heterocycles. The van der Waals surface area contributed by atoms with Gasteiger partial charge in [-0.1, -0.05) is 18.3 Å². The maximum Gasteiger partial charge on any atom is 0.267 e. The topological polar surface area (TPSA) is 78.4 Å². The van der Waals surface area contributed by atoms with Crippen LogP contribution in [0.15, 0.2) is 0 Å². The fourth-order valence-electron chi connectivity index (χ4n) is 2.08. The lowest BCUT2D eigenvalue weighted by atomic mass is 10.1. The molecule has 0 saturated carbocycles. The molecule has 0 spiro atoms. The van der Waals surface area contributed by atoms with E-state index in [0.717, 1.165) is 17.2 Å². The van der Waals surface area contributed by atoms with Crippen molar-refractivity contribution in [1.29, 1.82) is 0 Å². The Morgan fingerprint density at radius 3 is 2.83 bits per heavy atom. The smallest absolute Gasteiger partial charge is 0.267 e. The third-order valence-electron chi connectivity index (χ3n) is 3.22. The predicted molar refractivity (Wildman–Crippen MR) is 68.8 cm³/mol. The van der Waals surface area contributed by atoms with Gasteiger partial charge in [0.05, 0.1) is 17.8 Å². The highest BCUT2D eigenvalue weighted by atomic mass is 32.1. The lowest BCUT2D eigenvalue weighted by Crippen LogP contribution is -2.44. The van der Waals surface area contributed by atoms with Crippen LogP contribution in [0.4, 0.5) is 0 Å². The van der Waals surface area contributed by atoms with Crippen molar-refractivity contribution < 1.29 is 9.90 Å². The molecule has 1 amide bonds. The van der Waals surface area contributed by atoms with Crippen LogP contribution in [0.2, 0.25) is 0 Å². The first kappa shape index (κ1) is 13.4. The van der Waals surface area contributed by atoms with Crippen LogP contribution in [0.25, 0.3) is 0 Å². The molecule has 1 aromatic rings. The summed E-state index contributed by atoms with van der Waals surface area (Å²) < 4.78 is 3.86. The van der Waals surface area contributed by atoms with Crippen molar-refractivity contribution >= 4 is 17.4 Å². The molecule has 7 heteroatoms. The second kappa shape index (κ2) is 5.29. The Hall–Kier alpha value is -1.05. The summed E-state index contributed by atoms with van der Waals surface area (Å²) in [4.78, 5) is 14.5. The number of carbonyl (C=O) groups is 1. The van der Waals surface area contributed by atoms with E-state index in [0.29, 0.717) is 18.0 Å². The molecule has 18 heavy (non-hydrogen) atoms. The van der Waals surface area contributed by atoms with Crippen LogP contribution >= 0.6 is 11.5 Å². The third-order valence-corrected chi connectivity index (χ3v) is 3.95. The number of amides is 1. The normalized spacial score (nSPS) is 23.6. The van der Waals surface area contributed by atoms with E-state index in [1.165, 1.54) is 0 Å². The van der Waals surface area contributed by atoms with Gasteiger partial charge in [0, 0.05) is 20.1 Å². The molecule has 6 nitrogen and oxygen atoms in total. The van der Waals surface area contributed by atoms with Gasteiger partial charge in [-0.2, -0.15) is 0 Å². The van der Waals surface area contributed by atoms with E-state index >= 15 is 0 Å². The molecule has 2 rings (SSSR count). The Morgan fingerprint density at radius 2 is 2.28 bits per heavy atom. The number of aliphatic hydroxyl groups excluding tert-OH is 1. The van der Waals surface area contributed by atoms with Crippen molar-refractivity contribution in [3.05, 3.63) is 10.6 Å². The Bertz CT molecular complexity index is 434. The van der Waals surface area contributed by atoms with Crippen molar-refractivity contribution in [2.75, 3.05) is 20.1 Å². The number of aromatic nitrogens is 2. The minimum atomic E-state index is -0.512. The Balaban J connectivity index is 2.17. The van der Waals surface area contributed by atoms with Crippen LogP contribution in [0.5, 0.6) is 0 Å². The number of nitrogens with zero attached hydrogens (tertiary/aromatic N) is 3. The van der Waals surface area contributed by atoms with E-state index in [2.05, 4.69) is 14.9 Å². The third kappa shape index (κ3) is 2.38. The van der Waals surface area contributed by atoms with Gasteiger partial charge in [-0.05, 0) is 17.5 Å². The first-order chi connectivity index (χ1) is 8.52. The van der Waals surface area contributed by atoms with Gasteiger partial charge in [-0.15, -0.1) is 5.10 Å². The number of nitrogens with one attached hydrogen (secondary N) is 1. The van der Waals surface area contributed by atoms with Crippen LogP contribution in [0.1, 0.15) is 35.1 Å². The van der Waals surface area contributed by atoms with Crippen molar-refractivity contribution in [3.8, 4) is 0 Å². The molecule has 2 N–H and O–H groups in total. The van der Waals surface area contributed by atoms with Gasteiger partial charge in [0.2, 0.25) is 0 Å². The summed E-state index contributed by atoms with van der Waals surface area (Å²) in [6, 6.07) is -0.181. The lowest BCUT2D eigenvalue weighted by molar-refractivity contribution is 0.0584. The molecule has 0 radical (unpaired) electrons. The zero-order chi connectivity index (χ0) is 13.3. The van der Waals surface area contributed by atoms with E-state index < -0.39 is 6.10 Å². The number of hydrogen-bond donors (Lipinski definition) is 2. The Morgan fingerprint density at radius 1 is 1.56 bits per heavy atom. The van der Waals surface area contributed by atoms with Crippen molar-refractivity contribution in [3.63, 3.8) is 0 Å². The highest BCUT2D eigenvalue weighted by Gasteiger charge is 2.33. The second-order valence-corrected chi connectivity index (χ2v) is 5.61. The molecule has 2 atom stereocenters. The molecular formula is C11H18N4O2S. The van der Waals surface area contributed by atoms with Gasteiger partial charge in [-0.3, -0.25) is 4.79 Å². The fourth-order valence-corrected chi connectivity index (χ4v) is 2.88. The highest BCUT2D eigenvalue weighted by molar-refractivity contribution is 7.08. The van der Waals surface area contributed by atoms with Crippen LogP contribution < -0.4 is 5.32 Å². The molecule has 1 aromatic heterocycles. The van der Waals surface area contributed by atoms with Crippen LogP contribution in [-0.2, 0) is 0 Å². The molecular weight excluding hydrogens is 252 g/mol. The molecule has 0 unspecified atom stereocenters. The maximum atomic E-state index is 12.4. The summed E-state index contributed by atoms with van der Waals surface area (Å²) in [5.41, 5.74) is 0.734. The van der Waals surface area contributed by atoms with Gasteiger partial charge >= 0.3 is 0 Å². The molecule has 1 aliphatic heterocycles. The van der Waals surface area contributed by atoms with Crippen LogP contribution in [0.3, 0.4) is 0 Å².